The van der Waals surface area contributed by atoms with Gasteiger partial charge >= 0.3 is 0 Å². The Bertz CT molecular complexity index is 5350. The van der Waals surface area contributed by atoms with Gasteiger partial charge in [-0.15, -0.1) is 0 Å². The fraction of sp³-hybridized carbons (Fsp3) is 0. The second-order valence-corrected chi connectivity index (χ2v) is 22.1. The Morgan fingerprint density at radius 3 is 1.14 bits per heavy atom. The van der Waals surface area contributed by atoms with Crippen LogP contribution in [0.5, 0.6) is 0 Å². The first-order valence-corrected chi connectivity index (χ1v) is 28.9. The van der Waals surface area contributed by atoms with Crippen molar-refractivity contribution < 1.29 is 0 Å². The van der Waals surface area contributed by atoms with E-state index in [1.165, 1.54) is 97.5 Å². The van der Waals surface area contributed by atoms with Crippen molar-refractivity contribution in [1.29, 1.82) is 0 Å². The minimum Gasteiger partial charge on any atom is -0.310 e. The van der Waals surface area contributed by atoms with E-state index in [2.05, 4.69) is 334 Å². The molecule has 0 atom stereocenters. The summed E-state index contributed by atoms with van der Waals surface area (Å²) in [7, 11) is 0. The van der Waals surface area contributed by atoms with Crippen molar-refractivity contribution in [2.45, 2.75) is 0 Å². The molecule has 0 saturated carbocycles. The predicted molar refractivity (Wildman–Crippen MR) is 357 cm³/mol. The number of benzene rings is 15. The van der Waals surface area contributed by atoms with Crippen LogP contribution in [0.25, 0.3) is 120 Å². The van der Waals surface area contributed by atoms with E-state index in [9.17, 15) is 0 Å². The topological polar surface area (TPSA) is 16.3 Å². The van der Waals surface area contributed by atoms with Crippen molar-refractivity contribution in [1.82, 2.24) is 9.13 Å². The summed E-state index contributed by atoms with van der Waals surface area (Å²) in [6.45, 7) is 0. The maximum Gasteiger partial charge on any atom is 0.0541 e. The van der Waals surface area contributed by atoms with E-state index in [0.29, 0.717) is 0 Å². The summed E-state index contributed by atoms with van der Waals surface area (Å²) in [6.07, 6.45) is 0. The number of para-hydroxylation sites is 5. The van der Waals surface area contributed by atoms with Crippen molar-refractivity contribution >= 4 is 132 Å². The Labute approximate surface area is 485 Å². The van der Waals surface area contributed by atoms with E-state index >= 15 is 0 Å². The molecule has 392 valence electrons. The average Bonchev–Trinajstić information content (AvgIpc) is 4.28. The van der Waals surface area contributed by atoms with Gasteiger partial charge in [0.15, 0.2) is 0 Å². The van der Waals surface area contributed by atoms with Gasteiger partial charge in [0.05, 0.1) is 33.4 Å². The third-order valence-corrected chi connectivity index (χ3v) is 17.3. The molecule has 17 aromatic rings. The molecule has 0 amide bonds. The quantitative estimate of drug-likeness (QED) is 0.134. The molecule has 0 N–H and O–H groups in total. The normalized spacial score (nSPS) is 11.8. The third-order valence-electron chi connectivity index (χ3n) is 17.3. The van der Waals surface area contributed by atoms with Gasteiger partial charge in [-0.05, 0) is 182 Å². The van der Waals surface area contributed by atoms with Crippen molar-refractivity contribution in [3.63, 3.8) is 0 Å². The molecule has 0 aliphatic heterocycles. The largest absolute Gasteiger partial charge is 0.310 e. The van der Waals surface area contributed by atoms with Gasteiger partial charge in [0, 0.05) is 66.4 Å². The first kappa shape index (κ1) is 47.6. The summed E-state index contributed by atoms with van der Waals surface area (Å²) < 4.78 is 4.79. The molecule has 0 bridgehead atoms. The molecule has 2 aromatic heterocycles. The van der Waals surface area contributed by atoms with Crippen LogP contribution in [0.2, 0.25) is 0 Å². The Hall–Kier alpha value is -11.2. The van der Waals surface area contributed by atoms with Crippen LogP contribution in [0.15, 0.2) is 315 Å². The van der Waals surface area contributed by atoms with Crippen LogP contribution in [0, 0.1) is 0 Å². The van der Waals surface area contributed by atoms with Gasteiger partial charge in [0.2, 0.25) is 0 Å². The number of nitrogens with zero attached hydrogens (tertiary/aromatic N) is 4. The zero-order valence-corrected chi connectivity index (χ0v) is 45.8. The average molecular weight is 1070 g/mol. The highest BCUT2D eigenvalue weighted by molar-refractivity contribution is 6.12. The van der Waals surface area contributed by atoms with Crippen molar-refractivity contribution in [2.24, 2.45) is 0 Å². The van der Waals surface area contributed by atoms with E-state index < -0.39 is 0 Å². The molecular formula is C80H52N4. The van der Waals surface area contributed by atoms with Crippen LogP contribution in [-0.2, 0) is 0 Å². The van der Waals surface area contributed by atoms with Crippen LogP contribution in [0.3, 0.4) is 0 Å². The Balaban J connectivity index is 0.717. The zero-order valence-electron chi connectivity index (χ0n) is 45.8. The summed E-state index contributed by atoms with van der Waals surface area (Å²) in [6, 6.07) is 116. The molecule has 84 heavy (non-hydrogen) atoms. The minimum atomic E-state index is 1.09. The van der Waals surface area contributed by atoms with Gasteiger partial charge in [0.1, 0.15) is 0 Å². The molecule has 0 radical (unpaired) electrons. The third kappa shape index (κ3) is 7.76. The van der Waals surface area contributed by atoms with Gasteiger partial charge in [-0.2, -0.15) is 0 Å². The lowest BCUT2D eigenvalue weighted by Gasteiger charge is -2.28. The van der Waals surface area contributed by atoms with E-state index in [-0.39, 0.29) is 0 Å². The molecule has 0 unspecified atom stereocenters. The molecule has 15 aromatic carbocycles. The Morgan fingerprint density at radius 2 is 0.571 bits per heavy atom. The van der Waals surface area contributed by atoms with Crippen LogP contribution >= 0.6 is 0 Å². The molecule has 0 fully saturated rings. The van der Waals surface area contributed by atoms with Crippen molar-refractivity contribution in [2.75, 3.05) is 9.80 Å². The standard InChI is InChI=1S/C80H52N4/c1-2-19-63(20-3-1)81(65-42-36-59-50-67(44-37-58(59)49-65)83-77-26-10-6-22-71(77)72-23-7-11-27-78(72)83)76-31-15-18-60-46-55(38-45-70(60)76)53-32-39-64(40-33-53)82(75-30-14-17-54-16-4-5-21-69(54)75)66-41-34-56-48-62-52-68(43-35-57(62)47-61(56)51-66)84-79-28-12-8-24-73(79)74-25-9-13-29-80(74)84/h1-52H. The Morgan fingerprint density at radius 1 is 0.190 bits per heavy atom. The Kier molecular flexibility index (Phi) is 10.9. The summed E-state index contributed by atoms with van der Waals surface area (Å²) in [4.78, 5) is 4.82. The number of aromatic nitrogens is 2. The highest BCUT2D eigenvalue weighted by Crippen LogP contribution is 2.45. The van der Waals surface area contributed by atoms with Gasteiger partial charge in [-0.3, -0.25) is 0 Å². The summed E-state index contributed by atoms with van der Waals surface area (Å²) in [5.74, 6) is 0. The van der Waals surface area contributed by atoms with Gasteiger partial charge in [-0.1, -0.05) is 188 Å². The predicted octanol–water partition coefficient (Wildman–Crippen LogP) is 22.3. The molecule has 0 saturated heterocycles. The van der Waals surface area contributed by atoms with Crippen LogP contribution < -0.4 is 9.80 Å². The summed E-state index contributed by atoms with van der Waals surface area (Å²) in [5.41, 5.74) is 16.1. The first-order valence-electron chi connectivity index (χ1n) is 28.9. The fourth-order valence-electron chi connectivity index (χ4n) is 13.4. The highest BCUT2D eigenvalue weighted by Gasteiger charge is 2.20. The van der Waals surface area contributed by atoms with E-state index in [1.54, 1.807) is 0 Å². The van der Waals surface area contributed by atoms with Crippen LogP contribution in [0.4, 0.5) is 34.1 Å². The smallest absolute Gasteiger partial charge is 0.0541 e. The molecule has 0 spiro atoms. The van der Waals surface area contributed by atoms with E-state index in [1.807, 2.05) is 0 Å². The van der Waals surface area contributed by atoms with Crippen LogP contribution in [-0.4, -0.2) is 9.13 Å². The van der Waals surface area contributed by atoms with Gasteiger partial charge < -0.3 is 18.9 Å². The highest BCUT2D eigenvalue weighted by atomic mass is 15.1. The van der Waals surface area contributed by atoms with Gasteiger partial charge in [-0.25, -0.2) is 0 Å². The minimum absolute atomic E-state index is 1.09. The first-order chi connectivity index (χ1) is 41.6. The SMILES string of the molecule is c1ccc(N(c2ccc3cc(-n4c5ccccc5c5ccccc54)ccc3c2)c2cccc3cc(-c4ccc(N(c5ccc6cc7cc(-n8c9ccccc9c9ccccc98)ccc7cc6c5)c5cccc6ccccc56)cc4)ccc23)cc1. The number of anilines is 6. The molecular weight excluding hydrogens is 1020 g/mol. The lowest BCUT2D eigenvalue weighted by Crippen LogP contribution is -2.10. The van der Waals surface area contributed by atoms with Crippen molar-refractivity contribution in [3.05, 3.63) is 315 Å². The van der Waals surface area contributed by atoms with E-state index in [0.717, 1.165) is 56.6 Å². The zero-order chi connectivity index (χ0) is 55.2. The van der Waals surface area contributed by atoms with Gasteiger partial charge in [0.25, 0.3) is 0 Å². The number of hydrogen-bond acceptors (Lipinski definition) is 2. The number of fused-ring (bicyclic) bond motifs is 11. The summed E-state index contributed by atoms with van der Waals surface area (Å²) in [5, 5.41) is 17.0. The second kappa shape index (κ2) is 19.2. The maximum absolute atomic E-state index is 2.42. The molecule has 4 heteroatoms. The molecule has 4 nitrogen and oxygen atoms in total. The van der Waals surface area contributed by atoms with Crippen molar-refractivity contribution in [3.8, 4) is 22.5 Å². The fourth-order valence-corrected chi connectivity index (χ4v) is 13.4. The maximum atomic E-state index is 2.42. The molecule has 0 aliphatic rings. The lowest BCUT2D eigenvalue weighted by molar-refractivity contribution is 1.19. The van der Waals surface area contributed by atoms with E-state index in [4.69, 9.17) is 0 Å². The monoisotopic (exact) mass is 1070 g/mol. The summed E-state index contributed by atoms with van der Waals surface area (Å²) >= 11 is 0. The molecule has 0 aliphatic carbocycles. The number of rotatable bonds is 9. The number of hydrogen-bond donors (Lipinski definition) is 0. The lowest BCUT2D eigenvalue weighted by atomic mass is 9.98. The second-order valence-electron chi connectivity index (χ2n) is 22.1. The molecule has 2 heterocycles. The molecule has 17 rings (SSSR count). The van der Waals surface area contributed by atoms with Crippen LogP contribution in [0.1, 0.15) is 0 Å².